The van der Waals surface area contributed by atoms with E-state index in [1.807, 2.05) is 0 Å². The molecule has 1 atom stereocenters. The molecule has 4 heteroatoms. The fourth-order valence-corrected chi connectivity index (χ4v) is 1.04. The lowest BCUT2D eigenvalue weighted by molar-refractivity contribution is 0.398. The molecule has 1 rings (SSSR count). The maximum absolute atomic E-state index is 12.2. The van der Waals surface area contributed by atoms with Gasteiger partial charge >= 0.3 is 0 Å². The van der Waals surface area contributed by atoms with Crippen molar-refractivity contribution in [3.8, 4) is 11.5 Å². The number of nitrogens with two attached hydrogens (primary N) is 1. The quantitative estimate of drug-likeness (QED) is 0.747. The van der Waals surface area contributed by atoms with Gasteiger partial charge < -0.3 is 15.6 Å². The van der Waals surface area contributed by atoms with E-state index in [2.05, 4.69) is 0 Å². The molecular formula is C9H12FNO2. The van der Waals surface area contributed by atoms with Crippen molar-refractivity contribution in [3.63, 3.8) is 0 Å². The predicted octanol–water partition coefficient (Wildman–Crippen LogP) is 1.37. The Morgan fingerprint density at radius 2 is 2.31 bits per heavy atom. The molecule has 0 bridgehead atoms. The third-order valence-electron chi connectivity index (χ3n) is 1.80. The first-order valence-electron chi connectivity index (χ1n) is 3.87. The van der Waals surface area contributed by atoms with Crippen LogP contribution in [0.5, 0.6) is 11.5 Å². The first kappa shape index (κ1) is 9.80. The van der Waals surface area contributed by atoms with E-state index in [4.69, 9.17) is 10.5 Å². The maximum atomic E-state index is 12.2. The van der Waals surface area contributed by atoms with Crippen LogP contribution in [-0.2, 0) is 0 Å². The van der Waals surface area contributed by atoms with Crippen LogP contribution in [0.25, 0.3) is 0 Å². The minimum absolute atomic E-state index is 0.00838. The van der Waals surface area contributed by atoms with Gasteiger partial charge in [-0.15, -0.1) is 0 Å². The maximum Gasteiger partial charge on any atom is 0.120 e. The Morgan fingerprint density at radius 3 is 2.85 bits per heavy atom. The first-order chi connectivity index (χ1) is 6.19. The summed E-state index contributed by atoms with van der Waals surface area (Å²) in [6.45, 7) is -0.708. The number of aromatic hydroxyl groups is 1. The molecule has 72 valence electrons. The van der Waals surface area contributed by atoms with Crippen LogP contribution >= 0.6 is 0 Å². The lowest BCUT2D eigenvalue weighted by Crippen LogP contribution is -2.12. The number of ether oxygens (including phenoxy) is 1. The van der Waals surface area contributed by atoms with Crippen molar-refractivity contribution < 1.29 is 14.2 Å². The van der Waals surface area contributed by atoms with E-state index in [0.29, 0.717) is 11.3 Å². The van der Waals surface area contributed by atoms with E-state index < -0.39 is 12.7 Å². The largest absolute Gasteiger partial charge is 0.508 e. The number of hydrogen-bond donors (Lipinski definition) is 2. The van der Waals surface area contributed by atoms with E-state index in [-0.39, 0.29) is 5.75 Å². The predicted molar refractivity (Wildman–Crippen MR) is 47.6 cm³/mol. The van der Waals surface area contributed by atoms with Gasteiger partial charge in [-0.3, -0.25) is 0 Å². The molecular weight excluding hydrogens is 173 g/mol. The van der Waals surface area contributed by atoms with E-state index in [1.54, 1.807) is 6.07 Å². The van der Waals surface area contributed by atoms with Crippen LogP contribution in [0.4, 0.5) is 4.39 Å². The Hall–Kier alpha value is -1.29. The number of rotatable bonds is 3. The fraction of sp³-hybridized carbons (Fsp3) is 0.333. The van der Waals surface area contributed by atoms with Crippen molar-refractivity contribution in [2.45, 2.75) is 6.04 Å². The highest BCUT2D eigenvalue weighted by molar-refractivity contribution is 5.41. The van der Waals surface area contributed by atoms with Gasteiger partial charge in [0, 0.05) is 5.56 Å². The average molecular weight is 185 g/mol. The average Bonchev–Trinajstić information content (AvgIpc) is 2.17. The molecule has 0 radical (unpaired) electrons. The van der Waals surface area contributed by atoms with Gasteiger partial charge in [-0.2, -0.15) is 0 Å². The molecule has 0 spiro atoms. The number of hydrogen-bond acceptors (Lipinski definition) is 3. The van der Waals surface area contributed by atoms with Crippen LogP contribution in [0.2, 0.25) is 0 Å². The molecule has 0 aliphatic heterocycles. The number of halogens is 1. The molecule has 0 aliphatic rings. The lowest BCUT2D eigenvalue weighted by atomic mass is 10.1. The standard InChI is InChI=1S/C9H12FNO2/c1-13-6-2-3-9(12)7(4-6)8(11)5-10/h2-4,8,12H,5,11H2,1H3/t8-/m0/s1. The van der Waals surface area contributed by atoms with Gasteiger partial charge in [-0.05, 0) is 18.2 Å². The third-order valence-corrected chi connectivity index (χ3v) is 1.80. The molecule has 0 saturated carbocycles. The summed E-state index contributed by atoms with van der Waals surface area (Å²) in [6, 6.07) is 3.75. The van der Waals surface area contributed by atoms with Gasteiger partial charge in [0.25, 0.3) is 0 Å². The molecule has 0 fully saturated rings. The van der Waals surface area contributed by atoms with Gasteiger partial charge in [-0.25, -0.2) is 4.39 Å². The smallest absolute Gasteiger partial charge is 0.120 e. The van der Waals surface area contributed by atoms with Crippen molar-refractivity contribution >= 4 is 0 Å². The summed E-state index contributed by atoms with van der Waals surface area (Å²) in [5, 5.41) is 9.33. The zero-order chi connectivity index (χ0) is 9.84. The van der Waals surface area contributed by atoms with Gasteiger partial charge in [0.15, 0.2) is 0 Å². The highest BCUT2D eigenvalue weighted by Gasteiger charge is 2.11. The number of phenolic OH excluding ortho intramolecular Hbond substituents is 1. The Labute approximate surface area is 75.9 Å². The van der Waals surface area contributed by atoms with Crippen molar-refractivity contribution in [1.29, 1.82) is 0 Å². The Kier molecular flexibility index (Phi) is 3.08. The summed E-state index contributed by atoms with van der Waals surface area (Å²) in [5.41, 5.74) is 5.79. The Bertz CT molecular complexity index is 291. The molecule has 0 aromatic heterocycles. The molecule has 0 aliphatic carbocycles. The lowest BCUT2D eigenvalue weighted by Gasteiger charge is -2.10. The SMILES string of the molecule is COc1ccc(O)c([C@@H](N)CF)c1. The Morgan fingerprint density at radius 1 is 1.62 bits per heavy atom. The molecule has 1 aromatic carbocycles. The van der Waals surface area contributed by atoms with Crippen LogP contribution in [0.15, 0.2) is 18.2 Å². The van der Waals surface area contributed by atoms with Crippen LogP contribution in [-0.4, -0.2) is 18.9 Å². The molecule has 3 nitrogen and oxygen atoms in total. The number of alkyl halides is 1. The van der Waals surface area contributed by atoms with Crippen LogP contribution in [0.3, 0.4) is 0 Å². The highest BCUT2D eigenvalue weighted by atomic mass is 19.1. The summed E-state index contributed by atoms with van der Waals surface area (Å²) < 4.78 is 17.1. The zero-order valence-corrected chi connectivity index (χ0v) is 7.33. The van der Waals surface area contributed by atoms with Crippen molar-refractivity contribution in [3.05, 3.63) is 23.8 Å². The molecule has 0 heterocycles. The van der Waals surface area contributed by atoms with Crippen LogP contribution < -0.4 is 10.5 Å². The molecule has 0 unspecified atom stereocenters. The van der Waals surface area contributed by atoms with Gasteiger partial charge in [0.05, 0.1) is 13.2 Å². The number of phenols is 1. The highest BCUT2D eigenvalue weighted by Crippen LogP contribution is 2.27. The van der Waals surface area contributed by atoms with E-state index >= 15 is 0 Å². The summed E-state index contributed by atoms with van der Waals surface area (Å²) in [6.07, 6.45) is 0. The van der Waals surface area contributed by atoms with Crippen molar-refractivity contribution in [1.82, 2.24) is 0 Å². The number of benzene rings is 1. The Balaban J connectivity index is 3.03. The first-order valence-corrected chi connectivity index (χ1v) is 3.87. The second-order valence-electron chi connectivity index (χ2n) is 2.69. The monoisotopic (exact) mass is 185 g/mol. The zero-order valence-electron chi connectivity index (χ0n) is 7.33. The third kappa shape index (κ3) is 2.09. The fourth-order valence-electron chi connectivity index (χ4n) is 1.04. The van der Waals surface area contributed by atoms with E-state index in [1.165, 1.54) is 19.2 Å². The van der Waals surface area contributed by atoms with E-state index in [9.17, 15) is 9.50 Å². The second-order valence-corrected chi connectivity index (χ2v) is 2.69. The molecule has 3 N–H and O–H groups in total. The summed E-state index contributed by atoms with van der Waals surface area (Å²) in [4.78, 5) is 0. The van der Waals surface area contributed by atoms with Gasteiger partial charge in [0.2, 0.25) is 0 Å². The molecule has 0 saturated heterocycles. The van der Waals surface area contributed by atoms with E-state index in [0.717, 1.165) is 0 Å². The minimum Gasteiger partial charge on any atom is -0.508 e. The van der Waals surface area contributed by atoms with Crippen molar-refractivity contribution in [2.75, 3.05) is 13.8 Å². The number of methoxy groups -OCH3 is 1. The summed E-state index contributed by atoms with van der Waals surface area (Å²) >= 11 is 0. The molecule has 13 heavy (non-hydrogen) atoms. The summed E-state index contributed by atoms with van der Waals surface area (Å²) in [7, 11) is 1.50. The van der Waals surface area contributed by atoms with Crippen molar-refractivity contribution in [2.24, 2.45) is 5.73 Å². The van der Waals surface area contributed by atoms with Crippen LogP contribution in [0, 0.1) is 0 Å². The van der Waals surface area contributed by atoms with Gasteiger partial charge in [0.1, 0.15) is 18.2 Å². The molecule has 0 amide bonds. The normalized spacial score (nSPS) is 12.5. The van der Waals surface area contributed by atoms with Gasteiger partial charge in [-0.1, -0.05) is 0 Å². The molecule has 1 aromatic rings. The van der Waals surface area contributed by atoms with Crippen LogP contribution in [0.1, 0.15) is 11.6 Å². The summed E-state index contributed by atoms with van der Waals surface area (Å²) in [5.74, 6) is 0.544. The second kappa shape index (κ2) is 4.09. The minimum atomic E-state index is -0.796. The topological polar surface area (TPSA) is 55.5 Å².